The van der Waals surface area contributed by atoms with Crippen LogP contribution in [0, 0.1) is 18.7 Å². The monoisotopic (exact) mass is 521 g/mol. The van der Waals surface area contributed by atoms with Gasteiger partial charge >= 0.3 is 5.97 Å². The van der Waals surface area contributed by atoms with Gasteiger partial charge in [0.25, 0.3) is 0 Å². The van der Waals surface area contributed by atoms with E-state index in [2.05, 4.69) is 11.4 Å². The zero-order valence-corrected chi connectivity index (χ0v) is 22.5. The highest BCUT2D eigenvalue weighted by molar-refractivity contribution is 5.77. The van der Waals surface area contributed by atoms with Gasteiger partial charge in [-0.2, -0.15) is 0 Å². The Bertz CT molecular complexity index is 1260. The number of esters is 1. The number of carbonyl (C=O) groups excluding carboxylic acids is 1. The highest BCUT2D eigenvalue weighted by Crippen LogP contribution is 2.49. The van der Waals surface area contributed by atoms with Gasteiger partial charge in [0, 0.05) is 36.4 Å². The molecule has 1 saturated carbocycles. The van der Waals surface area contributed by atoms with Crippen LogP contribution in [0.5, 0.6) is 11.5 Å². The van der Waals surface area contributed by atoms with E-state index < -0.39 is 0 Å². The highest BCUT2D eigenvalue weighted by Gasteiger charge is 2.46. The van der Waals surface area contributed by atoms with E-state index in [0.29, 0.717) is 50.6 Å². The van der Waals surface area contributed by atoms with Gasteiger partial charge in [-0.3, -0.25) is 4.79 Å². The van der Waals surface area contributed by atoms with Crippen molar-refractivity contribution in [2.45, 2.75) is 39.7 Å². The lowest BCUT2D eigenvalue weighted by molar-refractivity contribution is -0.144. The molecule has 0 amide bonds. The van der Waals surface area contributed by atoms with Crippen LogP contribution in [0.3, 0.4) is 0 Å². The van der Waals surface area contributed by atoms with E-state index in [9.17, 15) is 9.18 Å². The smallest absolute Gasteiger partial charge is 0.309 e. The van der Waals surface area contributed by atoms with E-state index in [1.807, 2.05) is 50.2 Å². The van der Waals surface area contributed by atoms with Crippen LogP contribution in [0.25, 0.3) is 11.1 Å². The SMILES string of the molecule is CCOCCOc1cc(C)c(-c2cccc(CNc3ccc(C4CC4C(=O)OCC)c(F)c3)c2)c(OC)c1. The Morgan fingerprint density at radius 1 is 1.05 bits per heavy atom. The van der Waals surface area contributed by atoms with Gasteiger partial charge in [-0.15, -0.1) is 0 Å². The average Bonchev–Trinajstić information content (AvgIpc) is 3.71. The molecule has 2 unspecified atom stereocenters. The number of anilines is 1. The molecule has 0 aliphatic heterocycles. The van der Waals surface area contributed by atoms with Gasteiger partial charge in [-0.1, -0.05) is 24.3 Å². The van der Waals surface area contributed by atoms with Crippen LogP contribution in [0.15, 0.2) is 54.6 Å². The first kappa shape index (κ1) is 27.5. The molecule has 3 aromatic rings. The van der Waals surface area contributed by atoms with E-state index in [0.717, 1.165) is 33.8 Å². The van der Waals surface area contributed by atoms with Crippen LogP contribution in [-0.2, 0) is 20.8 Å². The maximum Gasteiger partial charge on any atom is 0.309 e. The molecule has 0 heterocycles. The molecule has 0 aromatic heterocycles. The lowest BCUT2D eigenvalue weighted by Crippen LogP contribution is -2.07. The van der Waals surface area contributed by atoms with Crippen molar-refractivity contribution in [3.05, 3.63) is 77.1 Å². The Kier molecular flexibility index (Phi) is 9.24. The van der Waals surface area contributed by atoms with Crippen molar-refractivity contribution < 1.29 is 28.1 Å². The van der Waals surface area contributed by atoms with Crippen LogP contribution < -0.4 is 14.8 Å². The molecule has 6 nitrogen and oxygen atoms in total. The summed E-state index contributed by atoms with van der Waals surface area (Å²) < 4.78 is 36.8. The fourth-order valence-electron chi connectivity index (χ4n) is 4.73. The normalized spacial score (nSPS) is 16.1. The quantitative estimate of drug-likeness (QED) is 0.205. The molecular formula is C31H36FNO5. The first-order valence-electron chi connectivity index (χ1n) is 13.1. The standard InChI is InChI=1S/C31H36FNO5/c1-5-36-12-13-38-24-14-20(3)30(29(17-24)35-4)22-9-7-8-21(15-22)19-33-23-10-11-25(28(32)16-23)26-18-27(26)31(34)37-6-2/h7-11,14-17,26-27,33H,5-6,12-13,18-19H2,1-4H3. The zero-order chi connectivity index (χ0) is 27.1. The van der Waals surface area contributed by atoms with Crippen LogP contribution in [-0.4, -0.2) is 39.5 Å². The summed E-state index contributed by atoms with van der Waals surface area (Å²) in [5.74, 6) is 0.604. The number of methoxy groups -OCH3 is 1. The highest BCUT2D eigenvalue weighted by atomic mass is 19.1. The van der Waals surface area contributed by atoms with E-state index in [-0.39, 0.29) is 23.6 Å². The molecule has 7 heteroatoms. The van der Waals surface area contributed by atoms with Gasteiger partial charge in [0.05, 0.1) is 26.2 Å². The van der Waals surface area contributed by atoms with Crippen molar-refractivity contribution in [1.82, 2.24) is 0 Å². The minimum absolute atomic E-state index is 0.0977. The predicted molar refractivity (Wildman–Crippen MR) is 146 cm³/mol. The van der Waals surface area contributed by atoms with Crippen molar-refractivity contribution in [1.29, 1.82) is 0 Å². The third kappa shape index (κ3) is 6.64. The number of hydrogen-bond acceptors (Lipinski definition) is 6. The van der Waals surface area contributed by atoms with Gasteiger partial charge in [0.15, 0.2) is 0 Å². The minimum atomic E-state index is -0.301. The average molecular weight is 522 g/mol. The summed E-state index contributed by atoms with van der Waals surface area (Å²) in [6.45, 7) is 8.32. The molecule has 4 rings (SSSR count). The summed E-state index contributed by atoms with van der Waals surface area (Å²) >= 11 is 0. The lowest BCUT2D eigenvalue weighted by Gasteiger charge is -2.16. The second kappa shape index (κ2) is 12.8. The third-order valence-electron chi connectivity index (χ3n) is 6.69. The maximum atomic E-state index is 14.8. The van der Waals surface area contributed by atoms with Crippen LogP contribution in [0.4, 0.5) is 10.1 Å². The topological polar surface area (TPSA) is 66.0 Å². The molecule has 3 aromatic carbocycles. The van der Waals surface area contributed by atoms with E-state index >= 15 is 0 Å². The summed E-state index contributed by atoms with van der Waals surface area (Å²) in [6, 6.07) is 17.2. The Balaban J connectivity index is 1.42. The summed E-state index contributed by atoms with van der Waals surface area (Å²) in [6.07, 6.45) is 0.637. The molecule has 38 heavy (non-hydrogen) atoms. The Morgan fingerprint density at radius 3 is 2.63 bits per heavy atom. The van der Waals surface area contributed by atoms with Gasteiger partial charge in [0.2, 0.25) is 0 Å². The summed E-state index contributed by atoms with van der Waals surface area (Å²) in [7, 11) is 1.66. The van der Waals surface area contributed by atoms with Gasteiger partial charge in [-0.05, 0) is 73.7 Å². The Hall–Kier alpha value is -3.58. The van der Waals surface area contributed by atoms with Crippen LogP contribution >= 0.6 is 0 Å². The number of hydrogen-bond donors (Lipinski definition) is 1. The number of benzene rings is 3. The van der Waals surface area contributed by atoms with Gasteiger partial charge in [-0.25, -0.2) is 4.39 Å². The van der Waals surface area contributed by atoms with Crippen molar-refractivity contribution in [2.75, 3.05) is 38.9 Å². The molecule has 0 saturated heterocycles. The first-order chi connectivity index (χ1) is 18.4. The van der Waals surface area contributed by atoms with Crippen LogP contribution in [0.2, 0.25) is 0 Å². The van der Waals surface area contributed by atoms with Crippen molar-refractivity contribution in [2.24, 2.45) is 5.92 Å². The van der Waals surface area contributed by atoms with E-state index in [1.165, 1.54) is 6.07 Å². The number of ether oxygens (including phenoxy) is 4. The molecular weight excluding hydrogens is 485 g/mol. The number of nitrogens with one attached hydrogen (secondary N) is 1. The minimum Gasteiger partial charge on any atom is -0.496 e. The molecule has 1 N–H and O–H groups in total. The molecule has 1 aliphatic carbocycles. The third-order valence-corrected chi connectivity index (χ3v) is 6.69. The van der Waals surface area contributed by atoms with Crippen LogP contribution in [0.1, 0.15) is 42.9 Å². The number of rotatable bonds is 13. The molecule has 1 aliphatic rings. The summed E-state index contributed by atoms with van der Waals surface area (Å²) in [4.78, 5) is 11.9. The zero-order valence-electron chi connectivity index (χ0n) is 22.5. The molecule has 1 fully saturated rings. The molecule has 202 valence electrons. The second-order valence-corrected chi connectivity index (χ2v) is 9.35. The number of aryl methyl sites for hydroxylation is 1. The predicted octanol–water partition coefficient (Wildman–Crippen LogP) is 6.50. The Morgan fingerprint density at radius 2 is 1.89 bits per heavy atom. The molecule has 2 atom stereocenters. The first-order valence-corrected chi connectivity index (χ1v) is 13.1. The van der Waals surface area contributed by atoms with Crippen molar-refractivity contribution in [3.8, 4) is 22.6 Å². The van der Waals surface area contributed by atoms with E-state index in [1.54, 1.807) is 20.1 Å². The summed E-state index contributed by atoms with van der Waals surface area (Å²) in [5, 5.41) is 3.31. The largest absolute Gasteiger partial charge is 0.496 e. The fraction of sp³-hybridized carbons (Fsp3) is 0.387. The molecule has 0 spiro atoms. The van der Waals surface area contributed by atoms with Gasteiger partial charge in [0.1, 0.15) is 23.9 Å². The van der Waals surface area contributed by atoms with Crippen molar-refractivity contribution >= 4 is 11.7 Å². The number of halogens is 1. The number of carbonyl (C=O) groups is 1. The lowest BCUT2D eigenvalue weighted by atomic mass is 9.97. The fourth-order valence-corrected chi connectivity index (χ4v) is 4.73. The maximum absolute atomic E-state index is 14.8. The molecule has 0 radical (unpaired) electrons. The Labute approximate surface area is 224 Å². The van der Waals surface area contributed by atoms with Gasteiger partial charge < -0.3 is 24.3 Å². The molecule has 0 bridgehead atoms. The summed E-state index contributed by atoms with van der Waals surface area (Å²) in [5.41, 5.74) is 5.38. The van der Waals surface area contributed by atoms with E-state index in [4.69, 9.17) is 18.9 Å². The van der Waals surface area contributed by atoms with Crippen molar-refractivity contribution in [3.63, 3.8) is 0 Å². The second-order valence-electron chi connectivity index (χ2n) is 9.35.